The van der Waals surface area contributed by atoms with Crippen molar-refractivity contribution in [3.05, 3.63) is 47.9 Å². The third-order valence-corrected chi connectivity index (χ3v) is 3.60. The van der Waals surface area contributed by atoms with E-state index in [9.17, 15) is 5.11 Å². The fourth-order valence-corrected chi connectivity index (χ4v) is 2.42. The lowest BCUT2D eigenvalue weighted by atomic mass is 9.88. The predicted octanol–water partition coefficient (Wildman–Crippen LogP) is 2.00. The number of aromatic nitrogens is 2. The second-order valence-electron chi connectivity index (χ2n) is 5.60. The van der Waals surface area contributed by atoms with Crippen molar-refractivity contribution < 1.29 is 14.6 Å². The fraction of sp³-hybridized carbons (Fsp3) is 0.312. The van der Waals surface area contributed by atoms with E-state index in [1.54, 1.807) is 38.2 Å². The van der Waals surface area contributed by atoms with E-state index in [-0.39, 0.29) is 0 Å². The number of ether oxygens (including phenoxy) is 2. The third kappa shape index (κ3) is 2.47. The zero-order valence-electron chi connectivity index (χ0n) is 12.2. The molecule has 3 rings (SSSR count). The maximum atomic E-state index is 10.6. The third-order valence-electron chi connectivity index (χ3n) is 3.60. The van der Waals surface area contributed by atoms with Crippen LogP contribution in [0.4, 0.5) is 0 Å². The lowest BCUT2D eigenvalue weighted by Crippen LogP contribution is -2.50. The summed E-state index contributed by atoms with van der Waals surface area (Å²) in [7, 11) is 0. The Labute approximate surface area is 128 Å². The van der Waals surface area contributed by atoms with Crippen molar-refractivity contribution in [3.63, 3.8) is 0 Å². The van der Waals surface area contributed by atoms with E-state index in [0.29, 0.717) is 22.8 Å². The normalized spacial score (nSPS) is 22.1. The van der Waals surface area contributed by atoms with Crippen LogP contribution in [-0.2, 0) is 0 Å². The average molecular weight is 297 g/mol. The Morgan fingerprint density at radius 1 is 1.36 bits per heavy atom. The summed E-state index contributed by atoms with van der Waals surface area (Å²) in [6, 6.07) is 7.13. The molecular formula is C16H15N3O3. The van der Waals surface area contributed by atoms with Gasteiger partial charge in [0.25, 0.3) is 0 Å². The highest BCUT2D eigenvalue weighted by molar-refractivity contribution is 5.46. The molecule has 0 saturated heterocycles. The Balaban J connectivity index is 2.05. The van der Waals surface area contributed by atoms with Gasteiger partial charge in [0, 0.05) is 18.0 Å². The molecule has 2 unspecified atom stereocenters. The monoisotopic (exact) mass is 297 g/mol. The Morgan fingerprint density at radius 3 is 2.86 bits per heavy atom. The summed E-state index contributed by atoms with van der Waals surface area (Å²) in [5.74, 6) is 0.890. The molecule has 0 amide bonds. The molecule has 1 aliphatic heterocycles. The van der Waals surface area contributed by atoms with Crippen LogP contribution in [0, 0.1) is 11.3 Å². The van der Waals surface area contributed by atoms with Crippen LogP contribution < -0.4 is 9.47 Å². The molecule has 6 heteroatoms. The van der Waals surface area contributed by atoms with Gasteiger partial charge < -0.3 is 14.6 Å². The summed E-state index contributed by atoms with van der Waals surface area (Å²) in [5, 5.41) is 19.7. The topological polar surface area (TPSA) is 88.3 Å². The highest BCUT2D eigenvalue weighted by Crippen LogP contribution is 2.42. The van der Waals surface area contributed by atoms with Gasteiger partial charge in [-0.2, -0.15) is 5.26 Å². The van der Waals surface area contributed by atoms with Crippen LogP contribution >= 0.6 is 0 Å². The number of aliphatic hydroxyl groups is 1. The number of aliphatic hydroxyl groups excluding tert-OH is 1. The molecule has 22 heavy (non-hydrogen) atoms. The van der Waals surface area contributed by atoms with Gasteiger partial charge in [-0.15, -0.1) is 0 Å². The molecule has 0 aliphatic carbocycles. The van der Waals surface area contributed by atoms with Gasteiger partial charge in [-0.3, -0.25) is 4.98 Å². The molecule has 1 aromatic heterocycles. The molecule has 1 N–H and O–H groups in total. The van der Waals surface area contributed by atoms with Gasteiger partial charge in [-0.25, -0.2) is 4.98 Å². The predicted molar refractivity (Wildman–Crippen MR) is 77.3 cm³/mol. The molecule has 2 atom stereocenters. The summed E-state index contributed by atoms with van der Waals surface area (Å²) >= 11 is 0. The molecule has 112 valence electrons. The molecule has 0 bridgehead atoms. The van der Waals surface area contributed by atoms with Crippen LogP contribution in [0.1, 0.15) is 31.1 Å². The molecule has 6 nitrogen and oxygen atoms in total. The number of nitrogens with zero attached hydrogens (tertiary/aromatic N) is 3. The minimum Gasteiger partial charge on any atom is -0.485 e. The summed E-state index contributed by atoms with van der Waals surface area (Å²) < 4.78 is 11.6. The number of rotatable bonds is 2. The molecule has 0 radical (unpaired) electrons. The fourth-order valence-electron chi connectivity index (χ4n) is 2.42. The van der Waals surface area contributed by atoms with E-state index >= 15 is 0 Å². The van der Waals surface area contributed by atoms with Crippen molar-refractivity contribution in [2.24, 2.45) is 0 Å². The van der Waals surface area contributed by atoms with Crippen LogP contribution in [0.15, 0.2) is 36.8 Å². The van der Waals surface area contributed by atoms with E-state index < -0.39 is 17.8 Å². The number of benzene rings is 1. The van der Waals surface area contributed by atoms with Crippen LogP contribution in [0.5, 0.6) is 11.6 Å². The SMILES string of the molecule is CC1(C)Oc2ccc(C#N)cc2C(Oc2cnccn2)C1O. The van der Waals surface area contributed by atoms with Crippen LogP contribution in [-0.4, -0.2) is 26.8 Å². The second-order valence-corrected chi connectivity index (χ2v) is 5.60. The van der Waals surface area contributed by atoms with Gasteiger partial charge in [-0.05, 0) is 32.0 Å². The highest BCUT2D eigenvalue weighted by Gasteiger charge is 2.44. The molecule has 0 fully saturated rings. The molecular weight excluding hydrogens is 282 g/mol. The van der Waals surface area contributed by atoms with Gasteiger partial charge in [-0.1, -0.05) is 0 Å². The number of fused-ring (bicyclic) bond motifs is 1. The van der Waals surface area contributed by atoms with Gasteiger partial charge in [0.1, 0.15) is 17.5 Å². The molecule has 2 aromatic rings. The molecule has 0 spiro atoms. The lowest BCUT2D eigenvalue weighted by Gasteiger charge is -2.41. The Kier molecular flexibility index (Phi) is 3.43. The highest BCUT2D eigenvalue weighted by atomic mass is 16.5. The summed E-state index contributed by atoms with van der Waals surface area (Å²) in [4.78, 5) is 8.02. The van der Waals surface area contributed by atoms with E-state index in [4.69, 9.17) is 14.7 Å². The minimum atomic E-state index is -0.920. The molecule has 0 saturated carbocycles. The number of hydrogen-bond donors (Lipinski definition) is 1. The smallest absolute Gasteiger partial charge is 0.232 e. The quantitative estimate of drug-likeness (QED) is 0.912. The Hall–Kier alpha value is -2.65. The maximum absolute atomic E-state index is 10.6. The standard InChI is InChI=1S/C16H15N3O3/c1-16(2)15(20)14(21-13-9-18-5-6-19-13)11-7-10(8-17)3-4-12(11)22-16/h3-7,9,14-15,20H,1-2H3. The first-order valence-corrected chi connectivity index (χ1v) is 6.85. The van der Waals surface area contributed by atoms with Crippen LogP contribution in [0.25, 0.3) is 0 Å². The summed E-state index contributed by atoms with van der Waals surface area (Å²) in [6.45, 7) is 3.57. The Bertz CT molecular complexity index is 725. The van der Waals surface area contributed by atoms with Gasteiger partial charge in [0.05, 0.1) is 17.8 Å². The first-order valence-electron chi connectivity index (χ1n) is 6.85. The Morgan fingerprint density at radius 2 is 2.18 bits per heavy atom. The van der Waals surface area contributed by atoms with Crippen molar-refractivity contribution in [2.45, 2.75) is 31.7 Å². The van der Waals surface area contributed by atoms with E-state index in [0.717, 1.165) is 0 Å². The van der Waals surface area contributed by atoms with Crippen molar-refractivity contribution in [2.75, 3.05) is 0 Å². The van der Waals surface area contributed by atoms with Gasteiger partial charge >= 0.3 is 0 Å². The second kappa shape index (κ2) is 5.28. The van der Waals surface area contributed by atoms with Gasteiger partial charge in [0.2, 0.25) is 5.88 Å². The van der Waals surface area contributed by atoms with Crippen molar-refractivity contribution in [1.82, 2.24) is 9.97 Å². The molecule has 2 heterocycles. The maximum Gasteiger partial charge on any atom is 0.232 e. The summed E-state index contributed by atoms with van der Waals surface area (Å²) in [6.07, 6.45) is 2.92. The van der Waals surface area contributed by atoms with Crippen LogP contribution in [0.3, 0.4) is 0 Å². The zero-order valence-corrected chi connectivity index (χ0v) is 12.2. The molecule has 1 aromatic carbocycles. The van der Waals surface area contributed by atoms with Crippen molar-refractivity contribution in [1.29, 1.82) is 5.26 Å². The van der Waals surface area contributed by atoms with E-state index in [1.807, 2.05) is 0 Å². The zero-order chi connectivity index (χ0) is 15.7. The van der Waals surface area contributed by atoms with Crippen molar-refractivity contribution >= 4 is 0 Å². The minimum absolute atomic E-state index is 0.303. The first kappa shape index (κ1) is 14.3. The lowest BCUT2D eigenvalue weighted by molar-refractivity contribution is -0.104. The van der Waals surface area contributed by atoms with Gasteiger partial charge in [0.15, 0.2) is 6.10 Å². The number of hydrogen-bond acceptors (Lipinski definition) is 6. The van der Waals surface area contributed by atoms with Crippen LogP contribution in [0.2, 0.25) is 0 Å². The van der Waals surface area contributed by atoms with E-state index in [1.165, 1.54) is 12.4 Å². The summed E-state index contributed by atoms with van der Waals surface area (Å²) in [5.41, 5.74) is 0.270. The average Bonchev–Trinajstić information content (AvgIpc) is 2.52. The van der Waals surface area contributed by atoms with E-state index in [2.05, 4.69) is 16.0 Å². The largest absolute Gasteiger partial charge is 0.485 e. The number of nitriles is 1. The first-order chi connectivity index (χ1) is 10.5. The molecule has 1 aliphatic rings. The van der Waals surface area contributed by atoms with Crippen molar-refractivity contribution in [3.8, 4) is 17.7 Å².